The fraction of sp³-hybridized carbons (Fsp3) is 0.294. The highest BCUT2D eigenvalue weighted by molar-refractivity contribution is 7.14. The zero-order valence-corrected chi connectivity index (χ0v) is 15.2. The normalized spacial score (nSPS) is 14.8. The van der Waals surface area contributed by atoms with Crippen LogP contribution in [0.4, 0.5) is 4.79 Å². The van der Waals surface area contributed by atoms with E-state index >= 15 is 0 Å². The molecule has 132 valence electrons. The highest BCUT2D eigenvalue weighted by atomic mass is 35.5. The molecule has 1 atom stereocenters. The first kappa shape index (κ1) is 17.7. The number of carbonyl (C=O) groups is 2. The summed E-state index contributed by atoms with van der Waals surface area (Å²) in [5, 5.41) is 11.7. The van der Waals surface area contributed by atoms with Crippen molar-refractivity contribution >= 4 is 34.9 Å². The fourth-order valence-electron chi connectivity index (χ4n) is 2.78. The average Bonchev–Trinajstić information content (AvgIpc) is 3.03. The van der Waals surface area contributed by atoms with Crippen LogP contribution in [0.25, 0.3) is 0 Å². The molecule has 0 saturated heterocycles. The van der Waals surface area contributed by atoms with Gasteiger partial charge in [-0.3, -0.25) is 10.0 Å². The number of amides is 3. The van der Waals surface area contributed by atoms with E-state index in [1.54, 1.807) is 42.2 Å². The SMILES string of the molecule is C[C@@H](c1ccc(Cl)cc1)N(O)C(=O)c1cc2c(s1)CN(C(N)=O)CC2. The molecule has 0 radical (unpaired) electrons. The van der Waals surface area contributed by atoms with E-state index in [2.05, 4.69) is 0 Å². The molecule has 0 unspecified atom stereocenters. The van der Waals surface area contributed by atoms with Crippen LogP contribution in [0.3, 0.4) is 0 Å². The van der Waals surface area contributed by atoms with Gasteiger partial charge in [-0.1, -0.05) is 23.7 Å². The molecular formula is C17H18ClN3O3S. The predicted octanol–water partition coefficient (Wildman–Crippen LogP) is 3.43. The lowest BCUT2D eigenvalue weighted by molar-refractivity contribution is -0.0851. The molecule has 1 aromatic carbocycles. The first-order chi connectivity index (χ1) is 11.9. The van der Waals surface area contributed by atoms with Gasteiger partial charge in [-0.15, -0.1) is 11.3 Å². The average molecular weight is 380 g/mol. The maximum Gasteiger partial charge on any atom is 0.315 e. The van der Waals surface area contributed by atoms with Gasteiger partial charge in [0.2, 0.25) is 0 Å². The largest absolute Gasteiger partial charge is 0.351 e. The Balaban J connectivity index is 1.77. The molecule has 0 bridgehead atoms. The smallest absolute Gasteiger partial charge is 0.315 e. The van der Waals surface area contributed by atoms with Crippen molar-refractivity contribution in [2.45, 2.75) is 25.9 Å². The van der Waals surface area contributed by atoms with Gasteiger partial charge in [-0.05, 0) is 42.7 Å². The molecule has 3 N–H and O–H groups in total. The Kier molecular flexibility index (Phi) is 4.99. The number of carbonyl (C=O) groups excluding carboxylic acids is 2. The van der Waals surface area contributed by atoms with E-state index in [1.165, 1.54) is 11.3 Å². The minimum atomic E-state index is -0.508. The quantitative estimate of drug-likeness (QED) is 0.632. The zero-order valence-electron chi connectivity index (χ0n) is 13.6. The zero-order chi connectivity index (χ0) is 18.1. The van der Waals surface area contributed by atoms with Crippen LogP contribution in [-0.4, -0.2) is 33.7 Å². The molecule has 6 nitrogen and oxygen atoms in total. The third-order valence-corrected chi connectivity index (χ3v) is 5.73. The lowest BCUT2D eigenvalue weighted by Gasteiger charge is -2.24. The molecule has 0 spiro atoms. The topological polar surface area (TPSA) is 86.9 Å². The molecule has 2 aromatic rings. The number of urea groups is 1. The number of hydrogen-bond donors (Lipinski definition) is 2. The van der Waals surface area contributed by atoms with Crippen molar-refractivity contribution in [2.24, 2.45) is 5.73 Å². The van der Waals surface area contributed by atoms with E-state index in [1.807, 2.05) is 0 Å². The second-order valence-corrected chi connectivity index (χ2v) is 7.52. The maximum absolute atomic E-state index is 12.6. The summed E-state index contributed by atoms with van der Waals surface area (Å²) in [4.78, 5) is 26.8. The third kappa shape index (κ3) is 3.63. The molecule has 1 aliphatic rings. The molecule has 0 aliphatic carbocycles. The maximum atomic E-state index is 12.6. The summed E-state index contributed by atoms with van der Waals surface area (Å²) in [6.45, 7) is 2.68. The molecular weight excluding hydrogens is 362 g/mol. The van der Waals surface area contributed by atoms with Crippen molar-refractivity contribution in [1.82, 2.24) is 9.96 Å². The highest BCUT2D eigenvalue weighted by Crippen LogP contribution is 2.30. The predicted molar refractivity (Wildman–Crippen MR) is 95.8 cm³/mol. The van der Waals surface area contributed by atoms with Crippen molar-refractivity contribution in [2.75, 3.05) is 6.54 Å². The number of thiophene rings is 1. The Labute approximate surface area is 154 Å². The van der Waals surface area contributed by atoms with Gasteiger partial charge >= 0.3 is 6.03 Å². The van der Waals surface area contributed by atoms with Crippen molar-refractivity contribution < 1.29 is 14.8 Å². The monoisotopic (exact) mass is 379 g/mol. The van der Waals surface area contributed by atoms with E-state index < -0.39 is 18.0 Å². The molecule has 1 aromatic heterocycles. The van der Waals surface area contributed by atoms with Crippen LogP contribution in [0.15, 0.2) is 30.3 Å². The number of halogens is 1. The Morgan fingerprint density at radius 2 is 2.04 bits per heavy atom. The van der Waals surface area contributed by atoms with Gasteiger partial charge in [-0.25, -0.2) is 9.86 Å². The van der Waals surface area contributed by atoms with Crippen LogP contribution in [0.2, 0.25) is 5.02 Å². The lowest BCUT2D eigenvalue weighted by atomic mass is 10.1. The highest BCUT2D eigenvalue weighted by Gasteiger charge is 2.27. The molecule has 1 aliphatic heterocycles. The van der Waals surface area contributed by atoms with Gasteiger partial charge in [0.1, 0.15) is 0 Å². The van der Waals surface area contributed by atoms with E-state index in [-0.39, 0.29) is 0 Å². The number of fused-ring (bicyclic) bond motifs is 1. The summed E-state index contributed by atoms with van der Waals surface area (Å²) in [5.41, 5.74) is 7.13. The van der Waals surface area contributed by atoms with E-state index in [0.717, 1.165) is 21.1 Å². The molecule has 3 amide bonds. The van der Waals surface area contributed by atoms with Crippen LogP contribution >= 0.6 is 22.9 Å². The number of nitrogens with two attached hydrogens (primary N) is 1. The minimum absolute atomic E-state index is 0.404. The standard InChI is InChI=1S/C17H18ClN3O3S/c1-10(11-2-4-13(18)5-3-11)21(24)16(22)14-8-12-6-7-20(17(19)23)9-15(12)25-14/h2-5,8,10,24H,6-7,9H2,1H3,(H2,19,23)/t10-/m0/s1. The summed E-state index contributed by atoms with van der Waals surface area (Å²) in [6.07, 6.45) is 0.653. The number of benzene rings is 1. The Bertz CT molecular complexity index is 806. The Morgan fingerprint density at radius 1 is 1.36 bits per heavy atom. The summed E-state index contributed by atoms with van der Waals surface area (Å²) in [6, 6.07) is 7.79. The summed E-state index contributed by atoms with van der Waals surface area (Å²) < 4.78 is 0. The lowest BCUT2D eigenvalue weighted by Crippen LogP contribution is -2.38. The van der Waals surface area contributed by atoms with Crippen LogP contribution in [-0.2, 0) is 13.0 Å². The molecule has 2 heterocycles. The van der Waals surface area contributed by atoms with Crippen LogP contribution in [0.1, 0.15) is 38.6 Å². The van der Waals surface area contributed by atoms with Gasteiger partial charge in [-0.2, -0.15) is 0 Å². The van der Waals surface area contributed by atoms with Gasteiger partial charge in [0, 0.05) is 16.4 Å². The number of hydroxylamine groups is 2. The van der Waals surface area contributed by atoms with Crippen molar-refractivity contribution in [3.8, 4) is 0 Å². The fourth-order valence-corrected chi connectivity index (χ4v) is 4.07. The van der Waals surface area contributed by atoms with Gasteiger partial charge in [0.25, 0.3) is 5.91 Å². The van der Waals surface area contributed by atoms with E-state index in [0.29, 0.717) is 29.4 Å². The minimum Gasteiger partial charge on any atom is -0.351 e. The van der Waals surface area contributed by atoms with Crippen molar-refractivity contribution in [3.63, 3.8) is 0 Å². The summed E-state index contributed by atoms with van der Waals surface area (Å²) in [7, 11) is 0. The number of rotatable bonds is 3. The van der Waals surface area contributed by atoms with E-state index in [9.17, 15) is 14.8 Å². The van der Waals surface area contributed by atoms with Crippen molar-refractivity contribution in [3.05, 3.63) is 56.2 Å². The van der Waals surface area contributed by atoms with Gasteiger partial charge in [0.05, 0.1) is 17.5 Å². The van der Waals surface area contributed by atoms with Crippen molar-refractivity contribution in [1.29, 1.82) is 0 Å². The number of hydrogen-bond acceptors (Lipinski definition) is 4. The molecule has 0 saturated carbocycles. The summed E-state index contributed by atoms with van der Waals surface area (Å²) >= 11 is 7.15. The third-order valence-electron chi connectivity index (χ3n) is 4.33. The summed E-state index contributed by atoms with van der Waals surface area (Å²) in [5.74, 6) is -0.465. The Morgan fingerprint density at radius 3 is 2.68 bits per heavy atom. The molecule has 3 rings (SSSR count). The van der Waals surface area contributed by atoms with Crippen LogP contribution in [0.5, 0.6) is 0 Å². The van der Waals surface area contributed by atoms with Gasteiger partial charge in [0.15, 0.2) is 0 Å². The Hall–Kier alpha value is -2.09. The van der Waals surface area contributed by atoms with E-state index in [4.69, 9.17) is 17.3 Å². The first-order valence-electron chi connectivity index (χ1n) is 7.80. The second-order valence-electron chi connectivity index (χ2n) is 5.95. The molecule has 25 heavy (non-hydrogen) atoms. The molecule has 0 fully saturated rings. The number of primary amides is 1. The second kappa shape index (κ2) is 7.03. The van der Waals surface area contributed by atoms with Crippen LogP contribution < -0.4 is 5.73 Å². The van der Waals surface area contributed by atoms with Crippen LogP contribution in [0, 0.1) is 0 Å². The first-order valence-corrected chi connectivity index (χ1v) is 9.00. The number of nitrogens with zero attached hydrogens (tertiary/aromatic N) is 2. The van der Waals surface area contributed by atoms with Gasteiger partial charge < -0.3 is 10.6 Å². The molecule has 8 heteroatoms.